The molecule has 3 nitrogen and oxygen atoms in total. The molecule has 1 aromatic carbocycles. The molecule has 0 bridgehead atoms. The summed E-state index contributed by atoms with van der Waals surface area (Å²) in [5.41, 5.74) is 1.51. The molecule has 4 heteroatoms. The van der Waals surface area contributed by atoms with Crippen LogP contribution in [0.25, 0.3) is 11.1 Å². The van der Waals surface area contributed by atoms with Gasteiger partial charge in [-0.3, -0.25) is 0 Å². The number of rotatable bonds is 1. The molecule has 0 atom stereocenters. The molecule has 0 saturated heterocycles. The molecule has 2 aromatic rings. The van der Waals surface area contributed by atoms with Crippen LogP contribution in [-0.4, -0.2) is 12.0 Å². The normalized spacial score (nSPS) is 10.5. The minimum Gasteiger partial charge on any atom is -0.424 e. The van der Waals surface area contributed by atoms with E-state index >= 15 is 0 Å². The lowest BCUT2D eigenvalue weighted by Crippen LogP contribution is -1.85. The standard InChI is InChI=1S/C8H7ClN2O/c1-10-8-11-6-3-2-5(9)4-7(6)12-8/h2-4H,1H3,(H,10,11). The van der Waals surface area contributed by atoms with E-state index in [1.807, 2.05) is 6.07 Å². The van der Waals surface area contributed by atoms with Crippen molar-refractivity contribution >= 4 is 28.7 Å². The molecule has 1 heterocycles. The Morgan fingerprint density at radius 1 is 1.50 bits per heavy atom. The van der Waals surface area contributed by atoms with Gasteiger partial charge in [-0.1, -0.05) is 11.6 Å². The highest BCUT2D eigenvalue weighted by molar-refractivity contribution is 6.31. The predicted molar refractivity (Wildman–Crippen MR) is 48.6 cm³/mol. The molecule has 0 fully saturated rings. The summed E-state index contributed by atoms with van der Waals surface area (Å²) in [7, 11) is 1.76. The number of anilines is 1. The fourth-order valence-electron chi connectivity index (χ4n) is 1.01. The summed E-state index contributed by atoms with van der Waals surface area (Å²) in [6.45, 7) is 0. The van der Waals surface area contributed by atoms with Crippen molar-refractivity contribution in [2.24, 2.45) is 0 Å². The molecule has 0 saturated carbocycles. The number of nitrogens with zero attached hydrogens (tertiary/aromatic N) is 1. The zero-order valence-electron chi connectivity index (χ0n) is 6.47. The zero-order chi connectivity index (χ0) is 8.55. The molecule has 0 aliphatic rings. The van der Waals surface area contributed by atoms with Crippen LogP contribution in [0.2, 0.25) is 5.02 Å². The summed E-state index contributed by atoms with van der Waals surface area (Å²) in [5.74, 6) is 0. The van der Waals surface area contributed by atoms with Gasteiger partial charge in [0, 0.05) is 18.1 Å². The Morgan fingerprint density at radius 2 is 2.33 bits per heavy atom. The lowest BCUT2D eigenvalue weighted by molar-refractivity contribution is 0.620. The van der Waals surface area contributed by atoms with Gasteiger partial charge in [-0.15, -0.1) is 0 Å². The Kier molecular flexibility index (Phi) is 1.66. The second-order valence-electron chi connectivity index (χ2n) is 2.38. The van der Waals surface area contributed by atoms with E-state index in [9.17, 15) is 0 Å². The highest BCUT2D eigenvalue weighted by atomic mass is 35.5. The highest BCUT2D eigenvalue weighted by Gasteiger charge is 2.02. The van der Waals surface area contributed by atoms with E-state index in [4.69, 9.17) is 16.0 Å². The van der Waals surface area contributed by atoms with Crippen molar-refractivity contribution in [1.82, 2.24) is 4.98 Å². The molecular formula is C8H7ClN2O. The summed E-state index contributed by atoms with van der Waals surface area (Å²) in [6, 6.07) is 5.85. The molecule has 1 N–H and O–H groups in total. The maximum Gasteiger partial charge on any atom is 0.295 e. The van der Waals surface area contributed by atoms with Crippen LogP contribution in [0, 0.1) is 0 Å². The largest absolute Gasteiger partial charge is 0.424 e. The summed E-state index contributed by atoms with van der Waals surface area (Å²) in [4.78, 5) is 4.14. The van der Waals surface area contributed by atoms with Crippen LogP contribution in [0.4, 0.5) is 6.01 Å². The van der Waals surface area contributed by atoms with Gasteiger partial charge in [-0.2, -0.15) is 4.98 Å². The second kappa shape index (κ2) is 2.68. The third-order valence-electron chi connectivity index (χ3n) is 1.56. The SMILES string of the molecule is CNc1nc2ccc(Cl)cc2o1. The van der Waals surface area contributed by atoms with Crippen molar-refractivity contribution in [3.63, 3.8) is 0 Å². The fraction of sp³-hybridized carbons (Fsp3) is 0.125. The quantitative estimate of drug-likeness (QED) is 0.737. The average Bonchev–Trinajstić information content (AvgIpc) is 2.46. The van der Waals surface area contributed by atoms with Crippen molar-refractivity contribution in [2.45, 2.75) is 0 Å². The molecule has 0 unspecified atom stereocenters. The minimum absolute atomic E-state index is 0.507. The van der Waals surface area contributed by atoms with Gasteiger partial charge in [0.1, 0.15) is 5.52 Å². The van der Waals surface area contributed by atoms with Crippen LogP contribution in [0.1, 0.15) is 0 Å². The van der Waals surface area contributed by atoms with E-state index in [1.54, 1.807) is 19.2 Å². The van der Waals surface area contributed by atoms with Crippen molar-refractivity contribution in [3.8, 4) is 0 Å². The van der Waals surface area contributed by atoms with Crippen LogP contribution in [0.3, 0.4) is 0 Å². The first-order valence-electron chi connectivity index (χ1n) is 3.53. The highest BCUT2D eigenvalue weighted by Crippen LogP contribution is 2.21. The number of benzene rings is 1. The molecule has 1 aromatic heterocycles. The first-order chi connectivity index (χ1) is 5.79. The average molecular weight is 183 g/mol. The Balaban J connectivity index is 2.67. The fourth-order valence-corrected chi connectivity index (χ4v) is 1.17. The lowest BCUT2D eigenvalue weighted by atomic mass is 10.3. The lowest BCUT2D eigenvalue weighted by Gasteiger charge is -1.86. The van der Waals surface area contributed by atoms with Gasteiger partial charge in [-0.25, -0.2) is 0 Å². The number of hydrogen-bond acceptors (Lipinski definition) is 3. The van der Waals surface area contributed by atoms with E-state index in [-0.39, 0.29) is 0 Å². The third kappa shape index (κ3) is 1.12. The molecular weight excluding hydrogens is 176 g/mol. The predicted octanol–water partition coefficient (Wildman–Crippen LogP) is 2.52. The van der Waals surface area contributed by atoms with Crippen LogP contribution < -0.4 is 5.32 Å². The first-order valence-corrected chi connectivity index (χ1v) is 3.91. The number of aromatic nitrogens is 1. The van der Waals surface area contributed by atoms with Crippen molar-refractivity contribution in [3.05, 3.63) is 23.2 Å². The molecule has 0 aliphatic carbocycles. The molecule has 0 radical (unpaired) electrons. The van der Waals surface area contributed by atoms with E-state index < -0.39 is 0 Å². The summed E-state index contributed by atoms with van der Waals surface area (Å²) in [5, 5.41) is 3.47. The van der Waals surface area contributed by atoms with E-state index in [0.29, 0.717) is 16.6 Å². The van der Waals surface area contributed by atoms with Gasteiger partial charge in [0.2, 0.25) is 0 Å². The Bertz CT molecular complexity index is 410. The van der Waals surface area contributed by atoms with Gasteiger partial charge >= 0.3 is 0 Å². The molecule has 0 amide bonds. The van der Waals surface area contributed by atoms with Crippen LogP contribution in [0.5, 0.6) is 0 Å². The number of oxazole rings is 1. The summed E-state index contributed by atoms with van der Waals surface area (Å²) >= 11 is 5.76. The first kappa shape index (κ1) is 7.43. The van der Waals surface area contributed by atoms with Gasteiger partial charge in [0.25, 0.3) is 6.01 Å². The van der Waals surface area contributed by atoms with E-state index in [1.165, 1.54) is 0 Å². The van der Waals surface area contributed by atoms with E-state index in [0.717, 1.165) is 5.52 Å². The smallest absolute Gasteiger partial charge is 0.295 e. The number of hydrogen-bond donors (Lipinski definition) is 1. The Labute approximate surface area is 74.3 Å². The number of halogens is 1. The molecule has 62 valence electrons. The zero-order valence-corrected chi connectivity index (χ0v) is 7.22. The topological polar surface area (TPSA) is 38.1 Å². The summed E-state index contributed by atoms with van der Waals surface area (Å²) < 4.78 is 5.29. The molecule has 2 rings (SSSR count). The van der Waals surface area contributed by atoms with Gasteiger partial charge < -0.3 is 9.73 Å². The second-order valence-corrected chi connectivity index (χ2v) is 2.82. The maximum absolute atomic E-state index is 5.76. The minimum atomic E-state index is 0.507. The molecule has 12 heavy (non-hydrogen) atoms. The number of nitrogens with one attached hydrogen (secondary N) is 1. The third-order valence-corrected chi connectivity index (χ3v) is 1.80. The van der Waals surface area contributed by atoms with Crippen molar-refractivity contribution in [1.29, 1.82) is 0 Å². The monoisotopic (exact) mass is 182 g/mol. The Morgan fingerprint density at radius 3 is 3.08 bits per heavy atom. The Hall–Kier alpha value is -1.22. The van der Waals surface area contributed by atoms with Crippen LogP contribution in [-0.2, 0) is 0 Å². The van der Waals surface area contributed by atoms with Crippen molar-refractivity contribution in [2.75, 3.05) is 12.4 Å². The maximum atomic E-state index is 5.76. The summed E-state index contributed by atoms with van der Waals surface area (Å²) in [6.07, 6.45) is 0. The molecule has 0 aliphatic heterocycles. The van der Waals surface area contributed by atoms with Gasteiger partial charge in [-0.05, 0) is 12.1 Å². The van der Waals surface area contributed by atoms with Crippen LogP contribution in [0.15, 0.2) is 22.6 Å². The van der Waals surface area contributed by atoms with E-state index in [2.05, 4.69) is 10.3 Å². The van der Waals surface area contributed by atoms with Crippen LogP contribution >= 0.6 is 11.6 Å². The van der Waals surface area contributed by atoms with Gasteiger partial charge in [0.05, 0.1) is 0 Å². The van der Waals surface area contributed by atoms with Gasteiger partial charge in [0.15, 0.2) is 5.58 Å². The van der Waals surface area contributed by atoms with Crippen molar-refractivity contribution < 1.29 is 4.42 Å². The molecule has 0 spiro atoms. The number of fused-ring (bicyclic) bond motifs is 1.